The Morgan fingerprint density at radius 2 is 1.97 bits per heavy atom. The Hall–Kier alpha value is -2.91. The van der Waals surface area contributed by atoms with Crippen molar-refractivity contribution in [2.75, 3.05) is 18.6 Å². The summed E-state index contributed by atoms with van der Waals surface area (Å²) in [5.74, 6) is -0.433. The molecule has 32 heavy (non-hydrogen) atoms. The smallest absolute Gasteiger partial charge is 0.305 e. The summed E-state index contributed by atoms with van der Waals surface area (Å²) >= 11 is 6.02. The van der Waals surface area contributed by atoms with Crippen LogP contribution in [0.1, 0.15) is 31.0 Å². The van der Waals surface area contributed by atoms with Crippen molar-refractivity contribution in [2.45, 2.75) is 37.5 Å². The lowest BCUT2D eigenvalue weighted by atomic mass is 10.2. The Bertz CT molecular complexity index is 1330. The van der Waals surface area contributed by atoms with E-state index >= 15 is 0 Å². The maximum Gasteiger partial charge on any atom is 0.305 e. The molecule has 1 amide bonds. The zero-order valence-corrected chi connectivity index (χ0v) is 19.2. The molecule has 2 aromatic heterocycles. The second-order valence-electron chi connectivity index (χ2n) is 7.58. The maximum atomic E-state index is 13.7. The van der Waals surface area contributed by atoms with Gasteiger partial charge in [0.15, 0.2) is 0 Å². The van der Waals surface area contributed by atoms with E-state index in [1.807, 2.05) is 0 Å². The van der Waals surface area contributed by atoms with Crippen LogP contribution in [0.15, 0.2) is 41.3 Å². The van der Waals surface area contributed by atoms with Gasteiger partial charge in [-0.25, -0.2) is 17.4 Å². The standard InChI is InChI=1S/C22H22ClN3O5S/c1-14(27)25-11-10-15-12-17(6-7-19(15)25)32(29,30)26-16(4-3-5-22(28)31-2)13-18-20(26)8-9-21(23)24-18/h6-9,12-13H,3-5,10-11H2,1-2H3. The van der Waals surface area contributed by atoms with Crippen molar-refractivity contribution < 1.29 is 22.7 Å². The zero-order chi connectivity index (χ0) is 23.0. The fourth-order valence-electron chi connectivity index (χ4n) is 4.04. The van der Waals surface area contributed by atoms with Gasteiger partial charge in [0.2, 0.25) is 5.91 Å². The number of pyridine rings is 1. The lowest BCUT2D eigenvalue weighted by Crippen LogP contribution is -2.25. The molecule has 1 aliphatic rings. The van der Waals surface area contributed by atoms with E-state index in [1.165, 1.54) is 24.1 Å². The number of methoxy groups -OCH3 is 1. The average molecular weight is 476 g/mol. The highest BCUT2D eigenvalue weighted by Crippen LogP contribution is 2.33. The van der Waals surface area contributed by atoms with Gasteiger partial charge in [0.25, 0.3) is 10.0 Å². The van der Waals surface area contributed by atoms with Crippen molar-refractivity contribution in [1.82, 2.24) is 8.96 Å². The monoisotopic (exact) mass is 475 g/mol. The molecule has 168 valence electrons. The van der Waals surface area contributed by atoms with Gasteiger partial charge in [-0.15, -0.1) is 0 Å². The number of rotatable bonds is 6. The Morgan fingerprint density at radius 1 is 1.19 bits per heavy atom. The molecule has 0 spiro atoms. The van der Waals surface area contributed by atoms with Crippen LogP contribution in [-0.2, 0) is 37.2 Å². The molecule has 1 aromatic carbocycles. The van der Waals surface area contributed by atoms with Gasteiger partial charge < -0.3 is 9.64 Å². The third kappa shape index (κ3) is 3.98. The van der Waals surface area contributed by atoms with Crippen LogP contribution in [0.4, 0.5) is 5.69 Å². The van der Waals surface area contributed by atoms with Crippen molar-refractivity contribution in [3.63, 3.8) is 0 Å². The molecular formula is C22H22ClN3O5S. The Morgan fingerprint density at radius 3 is 2.69 bits per heavy atom. The van der Waals surface area contributed by atoms with Crippen LogP contribution in [0, 0.1) is 0 Å². The molecule has 3 aromatic rings. The van der Waals surface area contributed by atoms with Crippen LogP contribution in [0.25, 0.3) is 11.0 Å². The number of anilines is 1. The first-order valence-corrected chi connectivity index (χ1v) is 11.9. The highest BCUT2D eigenvalue weighted by Gasteiger charge is 2.28. The molecule has 0 fully saturated rings. The number of fused-ring (bicyclic) bond motifs is 2. The third-order valence-electron chi connectivity index (χ3n) is 5.56. The predicted octanol–water partition coefficient (Wildman–Crippen LogP) is 3.33. The maximum absolute atomic E-state index is 13.7. The van der Waals surface area contributed by atoms with Crippen molar-refractivity contribution >= 4 is 50.2 Å². The summed E-state index contributed by atoms with van der Waals surface area (Å²) in [6.07, 6.45) is 1.52. The number of aryl methyl sites for hydroxylation is 1. The van der Waals surface area contributed by atoms with Crippen LogP contribution in [-0.4, -0.2) is 42.9 Å². The number of nitrogens with zero attached hydrogens (tertiary/aromatic N) is 3. The number of carbonyl (C=O) groups is 2. The van der Waals surface area contributed by atoms with Gasteiger partial charge in [-0.05, 0) is 61.2 Å². The zero-order valence-electron chi connectivity index (χ0n) is 17.7. The first-order chi connectivity index (χ1) is 15.2. The average Bonchev–Trinajstić information content (AvgIpc) is 3.34. The number of hydrogen-bond donors (Lipinski definition) is 0. The molecule has 0 aliphatic carbocycles. The minimum Gasteiger partial charge on any atom is -0.469 e. The molecule has 4 rings (SSSR count). The van der Waals surface area contributed by atoms with Crippen molar-refractivity contribution in [3.05, 3.63) is 52.8 Å². The Labute approximate surface area is 190 Å². The van der Waals surface area contributed by atoms with E-state index < -0.39 is 10.0 Å². The lowest BCUT2D eigenvalue weighted by Gasteiger charge is -2.16. The topological polar surface area (TPSA) is 98.6 Å². The lowest BCUT2D eigenvalue weighted by molar-refractivity contribution is -0.140. The molecule has 0 bridgehead atoms. The Kier molecular flexibility index (Phi) is 5.96. The second kappa shape index (κ2) is 8.55. The van der Waals surface area contributed by atoms with E-state index in [2.05, 4.69) is 9.72 Å². The summed E-state index contributed by atoms with van der Waals surface area (Å²) in [6, 6.07) is 9.66. The minimum absolute atomic E-state index is 0.0772. The largest absolute Gasteiger partial charge is 0.469 e. The quantitative estimate of drug-likeness (QED) is 0.400. The summed E-state index contributed by atoms with van der Waals surface area (Å²) in [5, 5.41) is 0.259. The number of halogens is 1. The van der Waals surface area contributed by atoms with Crippen molar-refractivity contribution in [3.8, 4) is 0 Å². The number of benzene rings is 1. The molecule has 10 heteroatoms. The second-order valence-corrected chi connectivity index (χ2v) is 9.76. The molecule has 0 saturated heterocycles. The summed E-state index contributed by atoms with van der Waals surface area (Å²) in [4.78, 5) is 29.3. The van der Waals surface area contributed by atoms with E-state index in [-0.39, 0.29) is 28.3 Å². The molecule has 8 nitrogen and oxygen atoms in total. The summed E-state index contributed by atoms with van der Waals surface area (Å²) < 4.78 is 33.4. The molecule has 0 unspecified atom stereocenters. The van der Waals surface area contributed by atoms with Gasteiger partial charge in [-0.1, -0.05) is 11.6 Å². The highest BCUT2D eigenvalue weighted by molar-refractivity contribution is 7.90. The predicted molar refractivity (Wildman–Crippen MR) is 120 cm³/mol. The van der Waals surface area contributed by atoms with E-state index in [0.717, 1.165) is 11.3 Å². The molecule has 0 atom stereocenters. The van der Waals surface area contributed by atoms with E-state index in [0.29, 0.717) is 42.5 Å². The van der Waals surface area contributed by atoms with E-state index in [9.17, 15) is 18.0 Å². The van der Waals surface area contributed by atoms with Gasteiger partial charge in [0.1, 0.15) is 5.15 Å². The molecule has 0 saturated carbocycles. The van der Waals surface area contributed by atoms with Gasteiger partial charge >= 0.3 is 5.97 Å². The summed E-state index contributed by atoms with van der Waals surface area (Å²) in [5.41, 5.74) is 2.92. The molecule has 0 radical (unpaired) electrons. The van der Waals surface area contributed by atoms with Crippen LogP contribution in [0.3, 0.4) is 0 Å². The van der Waals surface area contributed by atoms with Crippen LogP contribution in [0.2, 0.25) is 5.15 Å². The summed E-state index contributed by atoms with van der Waals surface area (Å²) in [6.45, 7) is 2.02. The number of ether oxygens (including phenoxy) is 1. The van der Waals surface area contributed by atoms with E-state index in [4.69, 9.17) is 11.6 Å². The van der Waals surface area contributed by atoms with Gasteiger partial charge in [0, 0.05) is 31.3 Å². The fourth-order valence-corrected chi connectivity index (χ4v) is 5.80. The van der Waals surface area contributed by atoms with E-state index in [1.54, 1.807) is 35.2 Å². The number of aromatic nitrogens is 2. The SMILES string of the molecule is COC(=O)CCCc1cc2nc(Cl)ccc2n1S(=O)(=O)c1ccc2c(c1)CCN2C(C)=O. The number of hydrogen-bond acceptors (Lipinski definition) is 6. The van der Waals surface area contributed by atoms with Gasteiger partial charge in [-0.2, -0.15) is 0 Å². The first-order valence-electron chi connectivity index (χ1n) is 10.1. The number of amides is 1. The molecule has 3 heterocycles. The molecular weight excluding hydrogens is 454 g/mol. The van der Waals surface area contributed by atoms with Crippen LogP contribution < -0.4 is 4.90 Å². The normalized spacial score (nSPS) is 13.4. The number of carbonyl (C=O) groups excluding carboxylic acids is 2. The highest BCUT2D eigenvalue weighted by atomic mass is 35.5. The van der Waals surface area contributed by atoms with Crippen molar-refractivity contribution in [2.24, 2.45) is 0 Å². The third-order valence-corrected chi connectivity index (χ3v) is 7.53. The van der Waals surface area contributed by atoms with Crippen LogP contribution >= 0.6 is 11.6 Å². The van der Waals surface area contributed by atoms with Gasteiger partial charge in [0.05, 0.1) is 23.0 Å². The molecule has 0 N–H and O–H groups in total. The fraction of sp³-hybridized carbons (Fsp3) is 0.318. The van der Waals surface area contributed by atoms with Crippen molar-refractivity contribution in [1.29, 1.82) is 0 Å². The Balaban J connectivity index is 1.78. The van der Waals surface area contributed by atoms with Gasteiger partial charge in [-0.3, -0.25) is 9.59 Å². The minimum atomic E-state index is -3.97. The molecule has 1 aliphatic heterocycles. The summed E-state index contributed by atoms with van der Waals surface area (Å²) in [7, 11) is -2.65. The van der Waals surface area contributed by atoms with Crippen LogP contribution in [0.5, 0.6) is 0 Å². The first kappa shape index (κ1) is 22.3. The number of esters is 1.